The normalized spacial score (nSPS) is 19.6. The minimum absolute atomic E-state index is 0.259. The van der Waals surface area contributed by atoms with Crippen LogP contribution >= 0.6 is 11.6 Å². The largest absolute Gasteiger partial charge is 0.343 e. The topological polar surface area (TPSA) is 23.6 Å². The zero-order valence-corrected chi connectivity index (χ0v) is 13.8. The molecule has 21 heavy (non-hydrogen) atoms. The average molecular weight is 309 g/mol. The highest BCUT2D eigenvalue weighted by Crippen LogP contribution is 2.19. The Morgan fingerprint density at radius 3 is 2.76 bits per heavy atom. The van der Waals surface area contributed by atoms with Crippen LogP contribution in [0.1, 0.15) is 31.2 Å². The molecule has 1 aromatic rings. The first-order valence-corrected chi connectivity index (χ1v) is 8.13. The first-order valence-electron chi connectivity index (χ1n) is 7.75. The summed E-state index contributed by atoms with van der Waals surface area (Å²) in [7, 11) is 4.25. The maximum atomic E-state index is 12.4. The fourth-order valence-corrected chi connectivity index (χ4v) is 3.18. The van der Waals surface area contributed by atoms with Gasteiger partial charge < -0.3 is 9.80 Å². The lowest BCUT2D eigenvalue weighted by atomic mass is 10.1. The molecule has 1 aliphatic heterocycles. The van der Waals surface area contributed by atoms with Gasteiger partial charge in [-0.15, -0.1) is 0 Å². The van der Waals surface area contributed by atoms with E-state index in [1.54, 1.807) is 0 Å². The predicted octanol–water partition coefficient (Wildman–Crippen LogP) is 3.22. The molecular weight excluding hydrogens is 284 g/mol. The van der Waals surface area contributed by atoms with Crippen LogP contribution in [0.4, 0.5) is 0 Å². The van der Waals surface area contributed by atoms with Crippen LogP contribution in [-0.4, -0.2) is 48.9 Å². The van der Waals surface area contributed by atoms with Crippen molar-refractivity contribution in [2.45, 2.75) is 38.1 Å². The Kier molecular flexibility index (Phi) is 6.07. The van der Waals surface area contributed by atoms with Crippen LogP contribution in [-0.2, 0) is 11.2 Å². The summed E-state index contributed by atoms with van der Waals surface area (Å²) in [6.07, 6.45) is 4.63. The van der Waals surface area contributed by atoms with Gasteiger partial charge in [0.15, 0.2) is 0 Å². The molecule has 0 spiro atoms. The van der Waals surface area contributed by atoms with E-state index in [0.29, 0.717) is 12.5 Å². The fraction of sp³-hybridized carbons (Fsp3) is 0.588. The van der Waals surface area contributed by atoms with Crippen molar-refractivity contribution < 1.29 is 4.79 Å². The number of amides is 1. The van der Waals surface area contributed by atoms with Gasteiger partial charge in [-0.05, 0) is 51.4 Å². The van der Waals surface area contributed by atoms with Gasteiger partial charge in [-0.2, -0.15) is 0 Å². The van der Waals surface area contributed by atoms with E-state index < -0.39 is 0 Å². The van der Waals surface area contributed by atoms with E-state index in [2.05, 4.69) is 19.0 Å². The van der Waals surface area contributed by atoms with E-state index in [0.717, 1.165) is 42.9 Å². The number of hydrogen-bond donors (Lipinski definition) is 0. The molecule has 1 atom stereocenters. The van der Waals surface area contributed by atoms with E-state index in [1.165, 1.54) is 6.42 Å². The highest BCUT2D eigenvalue weighted by atomic mass is 35.5. The van der Waals surface area contributed by atoms with Gasteiger partial charge in [0.05, 0.1) is 0 Å². The molecule has 1 fully saturated rings. The van der Waals surface area contributed by atoms with Gasteiger partial charge in [0.1, 0.15) is 0 Å². The molecular formula is C17H25ClN2O. The van der Waals surface area contributed by atoms with Gasteiger partial charge >= 0.3 is 0 Å². The number of aryl methyl sites for hydroxylation is 1. The maximum Gasteiger partial charge on any atom is 0.222 e. The van der Waals surface area contributed by atoms with Crippen molar-refractivity contribution in [3.63, 3.8) is 0 Å². The molecule has 2 rings (SSSR count). The third-order valence-electron chi connectivity index (χ3n) is 4.35. The number of rotatable bonds is 4. The van der Waals surface area contributed by atoms with Crippen molar-refractivity contribution in [3.05, 3.63) is 34.9 Å². The van der Waals surface area contributed by atoms with E-state index in [4.69, 9.17) is 11.6 Å². The van der Waals surface area contributed by atoms with Gasteiger partial charge in [0.25, 0.3) is 0 Å². The molecule has 1 amide bonds. The van der Waals surface area contributed by atoms with Crippen LogP contribution in [0.2, 0.25) is 5.02 Å². The molecule has 0 bridgehead atoms. The Balaban J connectivity index is 1.85. The predicted molar refractivity (Wildman–Crippen MR) is 87.7 cm³/mol. The number of benzene rings is 1. The van der Waals surface area contributed by atoms with Crippen LogP contribution in [0, 0.1) is 0 Å². The van der Waals surface area contributed by atoms with Crippen LogP contribution in [0.5, 0.6) is 0 Å². The summed E-state index contributed by atoms with van der Waals surface area (Å²) in [5.41, 5.74) is 1.06. The number of likely N-dealkylation sites (tertiary alicyclic amines) is 1. The van der Waals surface area contributed by atoms with Gasteiger partial charge in [0, 0.05) is 30.6 Å². The molecule has 0 radical (unpaired) electrons. The van der Waals surface area contributed by atoms with Gasteiger partial charge in [-0.1, -0.05) is 29.8 Å². The zero-order chi connectivity index (χ0) is 15.2. The van der Waals surface area contributed by atoms with E-state index in [1.807, 2.05) is 29.2 Å². The van der Waals surface area contributed by atoms with Crippen LogP contribution in [0.3, 0.4) is 0 Å². The molecule has 0 saturated carbocycles. The average Bonchev–Trinajstić information content (AvgIpc) is 2.72. The second-order valence-electron chi connectivity index (χ2n) is 6.02. The third kappa shape index (κ3) is 4.72. The Bertz CT molecular complexity index is 476. The van der Waals surface area contributed by atoms with Crippen molar-refractivity contribution in [1.82, 2.24) is 9.80 Å². The second-order valence-corrected chi connectivity index (χ2v) is 6.43. The second kappa shape index (κ2) is 7.81. The molecule has 0 N–H and O–H groups in total. The summed E-state index contributed by atoms with van der Waals surface area (Å²) in [6.45, 7) is 1.77. The highest BCUT2D eigenvalue weighted by molar-refractivity contribution is 6.31. The zero-order valence-electron chi connectivity index (χ0n) is 13.0. The standard InChI is InChI=1S/C17H25ClN2O/c1-19(2)15-7-5-12-20(13-11-15)17(21)10-9-14-6-3-4-8-16(14)18/h3-4,6,8,15H,5,7,9-13H2,1-2H3. The SMILES string of the molecule is CN(C)C1CCCN(C(=O)CCc2ccccc2Cl)CC1. The summed E-state index contributed by atoms with van der Waals surface area (Å²) >= 11 is 6.14. The van der Waals surface area contributed by atoms with E-state index >= 15 is 0 Å². The Morgan fingerprint density at radius 2 is 2.05 bits per heavy atom. The lowest BCUT2D eigenvalue weighted by molar-refractivity contribution is -0.131. The summed E-state index contributed by atoms with van der Waals surface area (Å²) in [6, 6.07) is 8.38. The number of carbonyl (C=O) groups excluding carboxylic acids is 1. The van der Waals surface area contributed by atoms with Gasteiger partial charge in [0.2, 0.25) is 5.91 Å². The van der Waals surface area contributed by atoms with Crippen molar-refractivity contribution in [2.75, 3.05) is 27.2 Å². The molecule has 1 heterocycles. The summed E-state index contributed by atoms with van der Waals surface area (Å²) in [5, 5.41) is 0.758. The van der Waals surface area contributed by atoms with Crippen LogP contribution in [0.25, 0.3) is 0 Å². The molecule has 1 aliphatic rings. The Hall–Kier alpha value is -1.06. The first kappa shape index (κ1) is 16.3. The lowest BCUT2D eigenvalue weighted by Gasteiger charge is -2.23. The maximum absolute atomic E-state index is 12.4. The van der Waals surface area contributed by atoms with Gasteiger partial charge in [-0.25, -0.2) is 0 Å². The van der Waals surface area contributed by atoms with Crippen LogP contribution in [0.15, 0.2) is 24.3 Å². The van der Waals surface area contributed by atoms with Crippen molar-refractivity contribution in [3.8, 4) is 0 Å². The third-order valence-corrected chi connectivity index (χ3v) is 4.72. The minimum Gasteiger partial charge on any atom is -0.343 e. The summed E-state index contributed by atoms with van der Waals surface area (Å²) < 4.78 is 0. The molecule has 4 heteroatoms. The van der Waals surface area contributed by atoms with Crippen molar-refractivity contribution in [1.29, 1.82) is 0 Å². The summed E-state index contributed by atoms with van der Waals surface area (Å²) in [4.78, 5) is 16.7. The molecule has 0 aliphatic carbocycles. The molecule has 1 saturated heterocycles. The number of halogens is 1. The Labute approximate surface area is 132 Å². The monoisotopic (exact) mass is 308 g/mol. The lowest BCUT2D eigenvalue weighted by Crippen LogP contribution is -2.33. The van der Waals surface area contributed by atoms with Crippen molar-refractivity contribution in [2.24, 2.45) is 0 Å². The van der Waals surface area contributed by atoms with E-state index in [-0.39, 0.29) is 5.91 Å². The Morgan fingerprint density at radius 1 is 1.29 bits per heavy atom. The van der Waals surface area contributed by atoms with E-state index in [9.17, 15) is 4.79 Å². The minimum atomic E-state index is 0.259. The first-order chi connectivity index (χ1) is 10.1. The van der Waals surface area contributed by atoms with Crippen molar-refractivity contribution >= 4 is 17.5 Å². The quantitative estimate of drug-likeness (QED) is 0.852. The molecule has 0 aromatic heterocycles. The highest BCUT2D eigenvalue weighted by Gasteiger charge is 2.21. The molecule has 1 aromatic carbocycles. The van der Waals surface area contributed by atoms with Crippen LogP contribution < -0.4 is 0 Å². The smallest absolute Gasteiger partial charge is 0.222 e. The number of hydrogen-bond acceptors (Lipinski definition) is 2. The molecule has 3 nitrogen and oxygen atoms in total. The van der Waals surface area contributed by atoms with Gasteiger partial charge in [-0.3, -0.25) is 4.79 Å². The number of carbonyl (C=O) groups is 1. The summed E-state index contributed by atoms with van der Waals surface area (Å²) in [5.74, 6) is 0.259. The molecule has 1 unspecified atom stereocenters. The fourth-order valence-electron chi connectivity index (χ4n) is 2.95. The number of nitrogens with zero attached hydrogens (tertiary/aromatic N) is 2. The molecule has 116 valence electrons.